The number of nitrogens with zero attached hydrogens (tertiary/aromatic N) is 2. The summed E-state index contributed by atoms with van der Waals surface area (Å²) in [5.74, 6) is -2.89. The van der Waals surface area contributed by atoms with Crippen molar-refractivity contribution < 1.29 is 32.7 Å². The number of halogens is 3. The number of benzene rings is 1. The third-order valence-corrected chi connectivity index (χ3v) is 6.04. The van der Waals surface area contributed by atoms with Crippen LogP contribution in [0, 0.1) is 6.92 Å². The summed E-state index contributed by atoms with van der Waals surface area (Å²) in [6.07, 6.45) is -3.52. The van der Waals surface area contributed by atoms with Crippen LogP contribution in [-0.4, -0.2) is 52.4 Å². The highest BCUT2D eigenvalue weighted by atomic mass is 32.1. The van der Waals surface area contributed by atoms with E-state index in [1.807, 2.05) is 43.3 Å². The minimum Gasteiger partial charge on any atom is -0.475 e. The second-order valence-corrected chi connectivity index (χ2v) is 8.07. The number of hydrogen-bond acceptors (Lipinski definition) is 6. The van der Waals surface area contributed by atoms with Crippen LogP contribution in [0.4, 0.5) is 13.2 Å². The van der Waals surface area contributed by atoms with Crippen LogP contribution in [0.15, 0.2) is 42.6 Å². The first-order valence-electron chi connectivity index (χ1n) is 9.60. The Morgan fingerprint density at radius 3 is 2.27 bits per heavy atom. The van der Waals surface area contributed by atoms with E-state index < -0.39 is 12.1 Å². The highest BCUT2D eigenvalue weighted by Gasteiger charge is 2.38. The molecule has 176 valence electrons. The molecule has 0 aliphatic carbocycles. The van der Waals surface area contributed by atoms with Gasteiger partial charge < -0.3 is 15.7 Å². The number of amides is 1. The molecular weight excluding hydrogens is 459 g/mol. The third kappa shape index (κ3) is 6.14. The number of aliphatic carboxylic acids is 1. The zero-order valence-electron chi connectivity index (χ0n) is 18.0. The highest BCUT2D eigenvalue weighted by molar-refractivity contribution is 7.20. The number of likely N-dealkylation sites (N-methyl/N-ethyl adjacent to an activating group) is 1. The van der Waals surface area contributed by atoms with Crippen LogP contribution in [0.25, 0.3) is 10.2 Å². The first-order valence-corrected chi connectivity index (χ1v) is 10.4. The summed E-state index contributed by atoms with van der Waals surface area (Å²) in [4.78, 5) is 41.0. The second-order valence-electron chi connectivity index (χ2n) is 7.07. The first kappa shape index (κ1) is 25.9. The van der Waals surface area contributed by atoms with Crippen molar-refractivity contribution in [3.63, 3.8) is 0 Å². The fourth-order valence-corrected chi connectivity index (χ4v) is 4.10. The molecule has 0 spiro atoms. The van der Waals surface area contributed by atoms with Gasteiger partial charge in [0, 0.05) is 30.7 Å². The Morgan fingerprint density at radius 1 is 1.21 bits per heavy atom. The maximum absolute atomic E-state index is 13.1. The molecule has 0 saturated heterocycles. The molecule has 1 atom stereocenters. The molecule has 0 saturated carbocycles. The SMILES string of the molecule is CC(=O)c1cnc2sc(C(=O)N(C)C(CN)c3ccccc3)c(C)c2c1.O=C(O)C(F)(F)F. The maximum Gasteiger partial charge on any atom is 0.490 e. The zero-order chi connectivity index (χ0) is 24.9. The standard InChI is InChI=1S/C20H21N3O2S.C2HF3O2/c1-12-16-9-15(13(2)24)11-22-19(16)26-18(12)20(25)23(3)17(10-21)14-7-5-4-6-8-14;3-2(4,5)1(6)7/h4-9,11,17H,10,21H2,1-3H3;(H,6,7). The summed E-state index contributed by atoms with van der Waals surface area (Å²) >= 11 is 1.35. The van der Waals surface area contributed by atoms with E-state index in [0.717, 1.165) is 21.3 Å². The molecule has 7 nitrogen and oxygen atoms in total. The van der Waals surface area contributed by atoms with Crippen molar-refractivity contribution >= 4 is 39.2 Å². The van der Waals surface area contributed by atoms with Crippen LogP contribution in [0.1, 0.15) is 44.1 Å². The van der Waals surface area contributed by atoms with E-state index in [-0.39, 0.29) is 17.7 Å². The number of ketones is 1. The number of rotatable bonds is 5. The number of carbonyl (C=O) groups is 3. The van der Waals surface area contributed by atoms with Crippen LogP contribution in [-0.2, 0) is 4.79 Å². The average molecular weight is 481 g/mol. The van der Waals surface area contributed by atoms with Crippen molar-refractivity contribution in [2.45, 2.75) is 26.1 Å². The Labute approximate surface area is 191 Å². The Morgan fingerprint density at radius 2 is 1.79 bits per heavy atom. The van der Waals surface area contributed by atoms with Crippen molar-refractivity contribution in [3.8, 4) is 0 Å². The molecule has 0 aliphatic rings. The lowest BCUT2D eigenvalue weighted by atomic mass is 10.0. The summed E-state index contributed by atoms with van der Waals surface area (Å²) in [5, 5.41) is 7.98. The van der Waals surface area contributed by atoms with Crippen LogP contribution in [0.5, 0.6) is 0 Å². The summed E-state index contributed by atoms with van der Waals surface area (Å²) < 4.78 is 31.7. The first-order chi connectivity index (χ1) is 15.4. The predicted octanol–water partition coefficient (Wildman–Crippen LogP) is 4.21. The average Bonchev–Trinajstić information content (AvgIpc) is 3.10. The van der Waals surface area contributed by atoms with Gasteiger partial charge in [-0.05, 0) is 31.0 Å². The number of thiophene rings is 1. The quantitative estimate of drug-likeness (QED) is 0.528. The molecule has 2 heterocycles. The van der Waals surface area contributed by atoms with Gasteiger partial charge in [-0.25, -0.2) is 9.78 Å². The van der Waals surface area contributed by atoms with Gasteiger partial charge in [-0.2, -0.15) is 13.2 Å². The number of alkyl halides is 3. The van der Waals surface area contributed by atoms with Crippen molar-refractivity contribution in [1.82, 2.24) is 9.88 Å². The number of aryl methyl sites for hydroxylation is 1. The topological polar surface area (TPSA) is 114 Å². The van der Waals surface area contributed by atoms with E-state index in [1.165, 1.54) is 18.3 Å². The monoisotopic (exact) mass is 481 g/mol. The molecule has 2 aromatic heterocycles. The summed E-state index contributed by atoms with van der Waals surface area (Å²) in [6.45, 7) is 3.74. The largest absolute Gasteiger partial charge is 0.490 e. The maximum atomic E-state index is 13.1. The lowest BCUT2D eigenvalue weighted by molar-refractivity contribution is -0.192. The predicted molar refractivity (Wildman–Crippen MR) is 118 cm³/mol. The van der Waals surface area contributed by atoms with Crippen LogP contribution in [0.2, 0.25) is 0 Å². The van der Waals surface area contributed by atoms with Crippen LogP contribution < -0.4 is 5.73 Å². The van der Waals surface area contributed by atoms with Crippen molar-refractivity contribution in [2.24, 2.45) is 5.73 Å². The number of nitrogens with two attached hydrogens (primary N) is 1. The van der Waals surface area contributed by atoms with Gasteiger partial charge in [-0.1, -0.05) is 30.3 Å². The molecule has 0 aliphatic heterocycles. The lowest BCUT2D eigenvalue weighted by Crippen LogP contribution is -2.35. The molecule has 0 radical (unpaired) electrons. The number of hydrogen-bond donors (Lipinski definition) is 2. The van der Waals surface area contributed by atoms with E-state index in [4.69, 9.17) is 15.6 Å². The molecule has 0 fully saturated rings. The molecule has 1 unspecified atom stereocenters. The Hall–Kier alpha value is -3.31. The summed E-state index contributed by atoms with van der Waals surface area (Å²) in [6, 6.07) is 11.4. The van der Waals surface area contributed by atoms with Gasteiger partial charge in [0.15, 0.2) is 5.78 Å². The lowest BCUT2D eigenvalue weighted by Gasteiger charge is -2.27. The normalized spacial score (nSPS) is 12.0. The number of aromatic nitrogens is 1. The van der Waals surface area contributed by atoms with Crippen molar-refractivity contribution in [1.29, 1.82) is 0 Å². The van der Waals surface area contributed by atoms with E-state index >= 15 is 0 Å². The number of pyridine rings is 1. The minimum atomic E-state index is -5.08. The van der Waals surface area contributed by atoms with Gasteiger partial charge in [0.1, 0.15) is 4.83 Å². The van der Waals surface area contributed by atoms with Crippen LogP contribution in [0.3, 0.4) is 0 Å². The number of Topliss-reactive ketones (excluding diaryl/α,β-unsaturated/α-hetero) is 1. The Kier molecular flexibility index (Phi) is 8.29. The highest BCUT2D eigenvalue weighted by Crippen LogP contribution is 2.32. The van der Waals surface area contributed by atoms with Gasteiger partial charge >= 0.3 is 12.1 Å². The zero-order valence-corrected chi connectivity index (χ0v) is 18.8. The van der Waals surface area contributed by atoms with Gasteiger partial charge in [0.25, 0.3) is 5.91 Å². The Bertz CT molecular complexity index is 1160. The summed E-state index contributed by atoms with van der Waals surface area (Å²) in [7, 11) is 1.77. The third-order valence-electron chi connectivity index (χ3n) is 4.83. The number of fused-ring (bicyclic) bond motifs is 1. The number of carboxylic acids is 1. The number of carbonyl (C=O) groups excluding carboxylic acids is 2. The molecule has 1 aromatic carbocycles. The van der Waals surface area contributed by atoms with Gasteiger partial charge in [0.2, 0.25) is 0 Å². The second kappa shape index (κ2) is 10.5. The van der Waals surface area contributed by atoms with E-state index in [1.54, 1.807) is 18.1 Å². The van der Waals surface area contributed by atoms with Gasteiger partial charge in [-0.3, -0.25) is 9.59 Å². The fraction of sp³-hybridized carbons (Fsp3) is 0.273. The summed E-state index contributed by atoms with van der Waals surface area (Å²) in [5.41, 5.74) is 8.35. The molecule has 3 aromatic rings. The molecular formula is C22H22F3N3O4S. The van der Waals surface area contributed by atoms with Crippen molar-refractivity contribution in [2.75, 3.05) is 13.6 Å². The molecule has 33 heavy (non-hydrogen) atoms. The fourth-order valence-electron chi connectivity index (χ4n) is 2.99. The minimum absolute atomic E-state index is 0.0396. The van der Waals surface area contributed by atoms with Crippen LogP contribution >= 0.6 is 11.3 Å². The van der Waals surface area contributed by atoms with Gasteiger partial charge in [-0.15, -0.1) is 11.3 Å². The molecule has 3 rings (SSSR count). The van der Waals surface area contributed by atoms with E-state index in [9.17, 15) is 22.8 Å². The van der Waals surface area contributed by atoms with E-state index in [2.05, 4.69) is 4.98 Å². The van der Waals surface area contributed by atoms with E-state index in [0.29, 0.717) is 17.0 Å². The smallest absolute Gasteiger partial charge is 0.475 e. The molecule has 3 N–H and O–H groups in total. The van der Waals surface area contributed by atoms with Gasteiger partial charge in [0.05, 0.1) is 10.9 Å². The van der Waals surface area contributed by atoms with Crippen molar-refractivity contribution in [3.05, 3.63) is 64.2 Å². The Balaban J connectivity index is 0.000000479. The molecule has 0 bridgehead atoms. The molecule has 11 heteroatoms. The molecule has 1 amide bonds. The number of carboxylic acid groups (broad SMARTS) is 1.